The van der Waals surface area contributed by atoms with E-state index in [0.29, 0.717) is 12.0 Å². The van der Waals surface area contributed by atoms with E-state index in [1.807, 2.05) is 0 Å². The fourth-order valence-electron chi connectivity index (χ4n) is 1.54. The molecule has 0 saturated carbocycles. The first-order valence-electron chi connectivity index (χ1n) is 6.04. The lowest BCUT2D eigenvalue weighted by molar-refractivity contribution is -0.196. The van der Waals surface area contributed by atoms with E-state index < -0.39 is 17.5 Å². The smallest absolute Gasteiger partial charge is 0.425 e. The summed E-state index contributed by atoms with van der Waals surface area (Å²) < 4.78 is 43.0. The maximum absolute atomic E-state index is 12.7. The fraction of sp³-hybridized carbons (Fsp3) is 0.357. The van der Waals surface area contributed by atoms with E-state index in [9.17, 15) is 18.0 Å². The number of alkyl halides is 3. The average Bonchev–Trinajstić information content (AvgIpc) is 2.36. The van der Waals surface area contributed by atoms with Gasteiger partial charge in [-0.25, -0.2) is 0 Å². The number of rotatable bonds is 6. The first kappa shape index (κ1) is 16.6. The minimum atomic E-state index is -4.39. The van der Waals surface area contributed by atoms with Gasteiger partial charge in [0.05, 0.1) is 0 Å². The van der Waals surface area contributed by atoms with Gasteiger partial charge in [0.1, 0.15) is 5.75 Å². The van der Waals surface area contributed by atoms with Gasteiger partial charge in [-0.1, -0.05) is 31.6 Å². The Hall–Kier alpha value is -1.49. The molecular formula is C14H14ClF3O2. The molecule has 0 N–H and O–H groups in total. The summed E-state index contributed by atoms with van der Waals surface area (Å²) in [6.45, 7) is 1.67. The van der Waals surface area contributed by atoms with Crippen LogP contribution in [0.1, 0.15) is 25.3 Å². The van der Waals surface area contributed by atoms with Crippen LogP contribution < -0.4 is 4.74 Å². The number of hydrogen-bond acceptors (Lipinski definition) is 2. The fourth-order valence-corrected chi connectivity index (χ4v) is 1.60. The van der Waals surface area contributed by atoms with Crippen LogP contribution in [0.15, 0.2) is 30.3 Å². The molecule has 6 heteroatoms. The molecule has 0 bridgehead atoms. The largest absolute Gasteiger partial charge is 0.481 e. The summed E-state index contributed by atoms with van der Waals surface area (Å²) in [5, 5.41) is -0.620. The maximum Gasteiger partial charge on any atom is 0.425 e. The average molecular weight is 307 g/mol. The Bertz CT molecular complexity index is 466. The number of carbonyl (C=O) groups excluding carboxylic acids is 1. The molecule has 0 spiro atoms. The summed E-state index contributed by atoms with van der Waals surface area (Å²) >= 11 is 5.14. The number of ether oxygens (including phenoxy) is 1. The molecule has 1 aromatic carbocycles. The first-order valence-corrected chi connectivity index (χ1v) is 6.41. The molecule has 2 nitrogen and oxygen atoms in total. The molecule has 1 rings (SSSR count). The molecule has 0 aliphatic rings. The minimum absolute atomic E-state index is 0.0914. The highest BCUT2D eigenvalue weighted by atomic mass is 35.5. The first-order chi connectivity index (χ1) is 9.32. The van der Waals surface area contributed by atoms with Crippen molar-refractivity contribution in [2.75, 3.05) is 0 Å². The molecule has 0 fully saturated rings. The molecule has 1 atom stereocenters. The van der Waals surface area contributed by atoms with Gasteiger partial charge in [0.2, 0.25) is 5.24 Å². The summed E-state index contributed by atoms with van der Waals surface area (Å²) in [5.74, 6) is 0.134. The SMILES string of the molecule is CCCC(Oc1ccc(/C=C/C(=O)Cl)cc1)C(F)(F)F. The normalized spacial score (nSPS) is 13.4. The second-order valence-electron chi connectivity index (χ2n) is 4.14. The predicted octanol–water partition coefficient (Wildman–Crippen LogP) is 4.58. The Morgan fingerprint density at radius 3 is 2.40 bits per heavy atom. The van der Waals surface area contributed by atoms with Crippen molar-refractivity contribution >= 4 is 22.9 Å². The van der Waals surface area contributed by atoms with Crippen molar-refractivity contribution in [3.05, 3.63) is 35.9 Å². The van der Waals surface area contributed by atoms with E-state index in [2.05, 4.69) is 0 Å². The van der Waals surface area contributed by atoms with Gasteiger partial charge in [0, 0.05) is 0 Å². The number of halogens is 4. The van der Waals surface area contributed by atoms with Crippen molar-refractivity contribution in [1.82, 2.24) is 0 Å². The number of carbonyl (C=O) groups is 1. The Morgan fingerprint density at radius 2 is 1.95 bits per heavy atom. The Balaban J connectivity index is 2.75. The van der Waals surface area contributed by atoms with Gasteiger partial charge in [0.25, 0.3) is 0 Å². The molecule has 0 radical (unpaired) electrons. The van der Waals surface area contributed by atoms with E-state index in [4.69, 9.17) is 16.3 Å². The van der Waals surface area contributed by atoms with Crippen molar-refractivity contribution in [1.29, 1.82) is 0 Å². The zero-order valence-electron chi connectivity index (χ0n) is 10.8. The molecule has 1 aromatic rings. The molecule has 0 heterocycles. The molecule has 0 amide bonds. The highest BCUT2D eigenvalue weighted by Gasteiger charge is 2.40. The third-order valence-electron chi connectivity index (χ3n) is 2.48. The molecule has 0 aliphatic carbocycles. The van der Waals surface area contributed by atoms with Crippen molar-refractivity contribution in [2.24, 2.45) is 0 Å². The van der Waals surface area contributed by atoms with Gasteiger partial charge in [-0.3, -0.25) is 4.79 Å². The third kappa shape index (κ3) is 5.65. The van der Waals surface area contributed by atoms with Crippen LogP contribution in [0.5, 0.6) is 5.75 Å². The lowest BCUT2D eigenvalue weighted by Gasteiger charge is -2.21. The van der Waals surface area contributed by atoms with Gasteiger partial charge >= 0.3 is 6.18 Å². The number of hydrogen-bond donors (Lipinski definition) is 0. The molecule has 20 heavy (non-hydrogen) atoms. The summed E-state index contributed by atoms with van der Waals surface area (Å²) in [4.78, 5) is 10.5. The predicted molar refractivity (Wildman–Crippen MR) is 71.7 cm³/mol. The van der Waals surface area contributed by atoms with Crippen LogP contribution in [-0.4, -0.2) is 17.5 Å². The molecular weight excluding hydrogens is 293 g/mol. The van der Waals surface area contributed by atoms with E-state index in [1.165, 1.54) is 18.2 Å². The zero-order valence-corrected chi connectivity index (χ0v) is 11.5. The van der Waals surface area contributed by atoms with Crippen LogP contribution in [0, 0.1) is 0 Å². The molecule has 0 saturated heterocycles. The minimum Gasteiger partial charge on any atom is -0.481 e. The standard InChI is InChI=1S/C14H14ClF3O2/c1-2-3-12(14(16,17)18)20-11-7-4-10(5-8-11)6-9-13(15)19/h4-9,12H,2-3H2,1H3/b9-6+. The van der Waals surface area contributed by atoms with Crippen LogP contribution in [0.2, 0.25) is 0 Å². The van der Waals surface area contributed by atoms with Gasteiger partial charge in [0.15, 0.2) is 6.10 Å². The third-order valence-corrected chi connectivity index (χ3v) is 2.61. The number of allylic oxidation sites excluding steroid dienone is 1. The second-order valence-corrected chi connectivity index (χ2v) is 4.52. The van der Waals surface area contributed by atoms with E-state index in [0.717, 1.165) is 6.08 Å². The van der Waals surface area contributed by atoms with Gasteiger partial charge < -0.3 is 4.74 Å². The van der Waals surface area contributed by atoms with Crippen molar-refractivity contribution in [3.63, 3.8) is 0 Å². The Kier molecular flexibility index (Phi) is 6.07. The Morgan fingerprint density at radius 1 is 1.35 bits per heavy atom. The molecule has 110 valence electrons. The topological polar surface area (TPSA) is 26.3 Å². The van der Waals surface area contributed by atoms with Crippen LogP contribution in [0.4, 0.5) is 13.2 Å². The van der Waals surface area contributed by atoms with Crippen molar-refractivity contribution < 1.29 is 22.7 Å². The zero-order chi connectivity index (χ0) is 15.2. The summed E-state index contributed by atoms with van der Waals surface area (Å²) in [6, 6.07) is 5.94. The quantitative estimate of drug-likeness (QED) is 0.568. The highest BCUT2D eigenvalue weighted by Crippen LogP contribution is 2.28. The lowest BCUT2D eigenvalue weighted by Crippen LogP contribution is -2.34. The van der Waals surface area contributed by atoms with Gasteiger partial charge in [-0.05, 0) is 41.8 Å². The molecule has 0 aromatic heterocycles. The van der Waals surface area contributed by atoms with Crippen LogP contribution >= 0.6 is 11.6 Å². The highest BCUT2D eigenvalue weighted by molar-refractivity contribution is 6.66. The summed E-state index contributed by atoms with van der Waals surface area (Å²) in [5.41, 5.74) is 0.644. The van der Waals surface area contributed by atoms with Gasteiger partial charge in [-0.2, -0.15) is 13.2 Å². The Labute approximate surface area is 120 Å². The summed E-state index contributed by atoms with van der Waals surface area (Å²) in [7, 11) is 0. The summed E-state index contributed by atoms with van der Waals surface area (Å²) in [6.07, 6.45) is -3.29. The van der Waals surface area contributed by atoms with Crippen LogP contribution in [0.25, 0.3) is 6.08 Å². The van der Waals surface area contributed by atoms with Crippen LogP contribution in [-0.2, 0) is 4.79 Å². The van der Waals surface area contributed by atoms with Crippen LogP contribution in [0.3, 0.4) is 0 Å². The monoisotopic (exact) mass is 306 g/mol. The van der Waals surface area contributed by atoms with E-state index in [-0.39, 0.29) is 12.2 Å². The molecule has 1 unspecified atom stereocenters. The number of benzene rings is 1. The van der Waals surface area contributed by atoms with Gasteiger partial charge in [-0.15, -0.1) is 0 Å². The van der Waals surface area contributed by atoms with E-state index in [1.54, 1.807) is 19.1 Å². The maximum atomic E-state index is 12.7. The van der Waals surface area contributed by atoms with E-state index >= 15 is 0 Å². The van der Waals surface area contributed by atoms with Crippen molar-refractivity contribution in [2.45, 2.75) is 32.0 Å². The second kappa shape index (κ2) is 7.33. The lowest BCUT2D eigenvalue weighted by atomic mass is 10.2. The molecule has 0 aliphatic heterocycles. The van der Waals surface area contributed by atoms with Crippen molar-refractivity contribution in [3.8, 4) is 5.75 Å².